The zero-order chi connectivity index (χ0) is 18.8. The van der Waals surface area contributed by atoms with Gasteiger partial charge in [0.15, 0.2) is 0 Å². The van der Waals surface area contributed by atoms with Crippen molar-refractivity contribution in [1.82, 2.24) is 5.32 Å². The van der Waals surface area contributed by atoms with Crippen LogP contribution >= 0.6 is 0 Å². The molecule has 0 aliphatic carbocycles. The molecule has 2 aromatic carbocycles. The summed E-state index contributed by atoms with van der Waals surface area (Å²) in [6.07, 6.45) is 1.46. The fourth-order valence-electron chi connectivity index (χ4n) is 3.54. The Balaban J connectivity index is 1.78. The first-order valence-corrected chi connectivity index (χ1v) is 9.16. The molecule has 0 aromatic heterocycles. The van der Waals surface area contributed by atoms with Gasteiger partial charge in [-0.2, -0.15) is 0 Å². The normalized spacial score (nSPS) is 15.2. The van der Waals surface area contributed by atoms with Crippen LogP contribution in [0.1, 0.15) is 58.4 Å². The van der Waals surface area contributed by atoms with E-state index in [2.05, 4.69) is 38.2 Å². The highest BCUT2D eigenvalue weighted by Crippen LogP contribution is 2.24. The third kappa shape index (κ3) is 3.64. The highest BCUT2D eigenvalue weighted by atomic mass is 16.2. The summed E-state index contributed by atoms with van der Waals surface area (Å²) < 4.78 is 0. The predicted molar refractivity (Wildman–Crippen MR) is 105 cm³/mol. The van der Waals surface area contributed by atoms with Crippen molar-refractivity contribution in [2.75, 3.05) is 11.4 Å². The van der Waals surface area contributed by atoms with E-state index in [-0.39, 0.29) is 17.9 Å². The largest absolute Gasteiger partial charge is 0.346 e. The molecule has 0 saturated carbocycles. The number of nitrogens with one attached hydrogen (secondary N) is 1. The second-order valence-electron chi connectivity index (χ2n) is 7.19. The molecule has 0 spiro atoms. The lowest BCUT2D eigenvalue weighted by Crippen LogP contribution is -2.28. The van der Waals surface area contributed by atoms with Crippen molar-refractivity contribution < 1.29 is 9.59 Å². The smallest absolute Gasteiger partial charge is 0.251 e. The van der Waals surface area contributed by atoms with E-state index in [4.69, 9.17) is 0 Å². The number of amides is 2. The molecule has 1 aliphatic rings. The molecule has 1 aliphatic heterocycles. The van der Waals surface area contributed by atoms with Crippen molar-refractivity contribution in [3.05, 3.63) is 64.2 Å². The lowest BCUT2D eigenvalue weighted by Gasteiger charge is -2.20. The Labute approximate surface area is 155 Å². The molecular weight excluding hydrogens is 324 g/mol. The zero-order valence-electron chi connectivity index (χ0n) is 15.9. The Kier molecular flexibility index (Phi) is 5.12. The number of benzene rings is 2. The van der Waals surface area contributed by atoms with Gasteiger partial charge in [0.05, 0.1) is 6.04 Å². The second kappa shape index (κ2) is 7.32. The molecular formula is C22H26N2O2. The van der Waals surface area contributed by atoms with Gasteiger partial charge in [-0.05, 0) is 74.6 Å². The van der Waals surface area contributed by atoms with Gasteiger partial charge in [-0.3, -0.25) is 9.59 Å². The lowest BCUT2D eigenvalue weighted by molar-refractivity contribution is -0.117. The standard InChI is InChI=1S/C22H26N2O2/c1-14-11-16(3)20(12-15(14)2)17(4)23-22(26)18-7-5-8-19(13-18)24-10-6-9-21(24)25/h5,7-8,11-13,17H,6,9-10H2,1-4H3,(H,23,26)/t17-/m1/s1. The summed E-state index contributed by atoms with van der Waals surface area (Å²) in [5, 5.41) is 3.09. The molecule has 2 aromatic rings. The van der Waals surface area contributed by atoms with Crippen LogP contribution in [0.5, 0.6) is 0 Å². The van der Waals surface area contributed by atoms with Crippen LogP contribution in [0, 0.1) is 20.8 Å². The van der Waals surface area contributed by atoms with Crippen LogP contribution in [0.2, 0.25) is 0 Å². The Morgan fingerprint density at radius 2 is 1.81 bits per heavy atom. The minimum atomic E-state index is -0.122. The van der Waals surface area contributed by atoms with E-state index in [1.807, 2.05) is 19.1 Å². The van der Waals surface area contributed by atoms with Gasteiger partial charge in [-0.1, -0.05) is 18.2 Å². The van der Waals surface area contributed by atoms with E-state index in [1.54, 1.807) is 17.0 Å². The van der Waals surface area contributed by atoms with E-state index in [0.29, 0.717) is 12.0 Å². The van der Waals surface area contributed by atoms with E-state index in [9.17, 15) is 9.59 Å². The van der Waals surface area contributed by atoms with Crippen LogP contribution in [-0.4, -0.2) is 18.4 Å². The minimum Gasteiger partial charge on any atom is -0.346 e. The summed E-state index contributed by atoms with van der Waals surface area (Å²) in [5.41, 5.74) is 6.17. The number of aryl methyl sites for hydroxylation is 3. The molecule has 4 nitrogen and oxygen atoms in total. The summed E-state index contributed by atoms with van der Waals surface area (Å²) in [5.74, 6) is 0.00491. The topological polar surface area (TPSA) is 49.4 Å². The Hall–Kier alpha value is -2.62. The van der Waals surface area contributed by atoms with Crippen molar-refractivity contribution in [3.63, 3.8) is 0 Å². The Morgan fingerprint density at radius 1 is 1.08 bits per heavy atom. The van der Waals surface area contributed by atoms with Crippen molar-refractivity contribution in [3.8, 4) is 0 Å². The molecule has 136 valence electrons. The summed E-state index contributed by atoms with van der Waals surface area (Å²) in [6.45, 7) is 8.99. The van der Waals surface area contributed by atoms with Gasteiger partial charge in [0.2, 0.25) is 5.91 Å². The summed E-state index contributed by atoms with van der Waals surface area (Å²) in [6, 6.07) is 11.5. The quantitative estimate of drug-likeness (QED) is 0.897. The Bertz CT molecular complexity index is 857. The number of rotatable bonds is 4. The zero-order valence-corrected chi connectivity index (χ0v) is 15.9. The van der Waals surface area contributed by atoms with Crippen molar-refractivity contribution >= 4 is 17.5 Å². The third-order valence-corrected chi connectivity index (χ3v) is 5.19. The van der Waals surface area contributed by atoms with E-state index in [1.165, 1.54) is 16.7 Å². The maximum absolute atomic E-state index is 12.7. The van der Waals surface area contributed by atoms with Crippen LogP contribution in [0.4, 0.5) is 5.69 Å². The van der Waals surface area contributed by atoms with Crippen LogP contribution in [0.15, 0.2) is 36.4 Å². The summed E-state index contributed by atoms with van der Waals surface area (Å²) >= 11 is 0. The van der Waals surface area contributed by atoms with Gasteiger partial charge in [0.25, 0.3) is 5.91 Å². The van der Waals surface area contributed by atoms with E-state index >= 15 is 0 Å². The van der Waals surface area contributed by atoms with Crippen molar-refractivity contribution in [2.24, 2.45) is 0 Å². The highest BCUT2D eigenvalue weighted by molar-refractivity contribution is 5.99. The van der Waals surface area contributed by atoms with E-state index in [0.717, 1.165) is 24.2 Å². The van der Waals surface area contributed by atoms with Gasteiger partial charge in [0, 0.05) is 24.2 Å². The molecule has 26 heavy (non-hydrogen) atoms. The maximum atomic E-state index is 12.7. The number of hydrogen-bond donors (Lipinski definition) is 1. The first-order valence-electron chi connectivity index (χ1n) is 9.16. The molecule has 1 saturated heterocycles. The van der Waals surface area contributed by atoms with Crippen molar-refractivity contribution in [1.29, 1.82) is 0 Å². The Morgan fingerprint density at radius 3 is 2.50 bits per heavy atom. The number of anilines is 1. The molecule has 0 unspecified atom stereocenters. The number of nitrogens with zero attached hydrogens (tertiary/aromatic N) is 1. The lowest BCUT2D eigenvalue weighted by atomic mass is 9.96. The number of hydrogen-bond acceptors (Lipinski definition) is 2. The molecule has 1 atom stereocenters. The minimum absolute atomic E-state index is 0.0844. The van der Waals surface area contributed by atoms with Crippen molar-refractivity contribution in [2.45, 2.75) is 46.6 Å². The fraction of sp³-hybridized carbons (Fsp3) is 0.364. The van der Waals surface area contributed by atoms with Gasteiger partial charge in [0.1, 0.15) is 0 Å². The SMILES string of the molecule is Cc1cc(C)c([C@@H](C)NC(=O)c2cccc(N3CCCC3=O)c2)cc1C. The molecule has 4 heteroatoms. The van der Waals surface area contributed by atoms with Gasteiger partial charge in [-0.25, -0.2) is 0 Å². The van der Waals surface area contributed by atoms with Crippen LogP contribution in [-0.2, 0) is 4.79 Å². The highest BCUT2D eigenvalue weighted by Gasteiger charge is 2.22. The molecule has 0 bridgehead atoms. The summed E-state index contributed by atoms with van der Waals surface area (Å²) in [4.78, 5) is 26.4. The molecule has 1 heterocycles. The third-order valence-electron chi connectivity index (χ3n) is 5.19. The van der Waals surface area contributed by atoms with Gasteiger partial charge in [-0.15, -0.1) is 0 Å². The average molecular weight is 350 g/mol. The molecule has 1 N–H and O–H groups in total. The molecule has 3 rings (SSSR count). The first kappa shape index (κ1) is 18.2. The molecule has 1 fully saturated rings. The van der Waals surface area contributed by atoms with Crippen LogP contribution in [0.3, 0.4) is 0 Å². The van der Waals surface area contributed by atoms with E-state index < -0.39 is 0 Å². The number of carbonyl (C=O) groups is 2. The number of carbonyl (C=O) groups excluding carboxylic acids is 2. The monoisotopic (exact) mass is 350 g/mol. The van der Waals surface area contributed by atoms with Crippen LogP contribution in [0.25, 0.3) is 0 Å². The first-order chi connectivity index (χ1) is 12.4. The van der Waals surface area contributed by atoms with Gasteiger partial charge >= 0.3 is 0 Å². The van der Waals surface area contributed by atoms with Gasteiger partial charge < -0.3 is 10.2 Å². The predicted octanol–water partition coefficient (Wildman–Crippen LogP) is 4.23. The summed E-state index contributed by atoms with van der Waals surface area (Å²) in [7, 11) is 0. The molecule has 0 radical (unpaired) electrons. The second-order valence-corrected chi connectivity index (χ2v) is 7.19. The average Bonchev–Trinajstić information content (AvgIpc) is 3.04. The van der Waals surface area contributed by atoms with Crippen LogP contribution < -0.4 is 10.2 Å². The fourth-order valence-corrected chi connectivity index (χ4v) is 3.54. The maximum Gasteiger partial charge on any atom is 0.251 e. The molecule has 2 amide bonds.